The predicted molar refractivity (Wildman–Crippen MR) is 100 cm³/mol. The standard InChI is InChI=1S/C10H18N2O3.C9H15NO2/c1-8(13)12-6-4-9(5-7-12)10(14)11(2)15-3;1-7(11)9-3-5-10(6-4-9)8(2)12/h9H,4-7H2,1-3H3;9H,3-6H2,1-2H3. The van der Waals surface area contributed by atoms with Crippen LogP contribution in [0.1, 0.15) is 46.5 Å². The van der Waals surface area contributed by atoms with Gasteiger partial charge in [-0.3, -0.25) is 24.0 Å². The minimum atomic E-state index is -0.00875. The SMILES string of the molecule is CC(=O)C1CCN(C(C)=O)CC1.CON(C)C(=O)C1CCN(C(C)=O)CC1. The summed E-state index contributed by atoms with van der Waals surface area (Å²) < 4.78 is 0. The van der Waals surface area contributed by atoms with Crippen LogP contribution in [0.4, 0.5) is 0 Å². The van der Waals surface area contributed by atoms with Crippen LogP contribution in [0, 0.1) is 11.8 Å². The molecule has 2 aliphatic heterocycles. The van der Waals surface area contributed by atoms with Gasteiger partial charge < -0.3 is 9.80 Å². The predicted octanol–water partition coefficient (Wildman–Crippen LogP) is 1.10. The molecule has 3 amide bonds. The minimum absolute atomic E-state index is 0.000650. The highest BCUT2D eigenvalue weighted by Crippen LogP contribution is 2.19. The highest BCUT2D eigenvalue weighted by atomic mass is 16.7. The van der Waals surface area contributed by atoms with E-state index < -0.39 is 0 Å². The Balaban J connectivity index is 0.000000277. The van der Waals surface area contributed by atoms with Gasteiger partial charge in [-0.2, -0.15) is 0 Å². The number of piperidine rings is 2. The fourth-order valence-electron chi connectivity index (χ4n) is 3.39. The second-order valence-electron chi connectivity index (χ2n) is 7.19. The van der Waals surface area contributed by atoms with Gasteiger partial charge in [-0.25, -0.2) is 5.06 Å². The maximum atomic E-state index is 11.7. The first-order chi connectivity index (χ1) is 12.7. The van der Waals surface area contributed by atoms with Crippen LogP contribution < -0.4 is 0 Å². The van der Waals surface area contributed by atoms with Crippen LogP contribution in [0.15, 0.2) is 0 Å². The normalized spacial score (nSPS) is 18.4. The van der Waals surface area contributed by atoms with Gasteiger partial charge in [0.15, 0.2) is 0 Å². The Kier molecular flexibility index (Phi) is 9.41. The molecule has 8 nitrogen and oxygen atoms in total. The van der Waals surface area contributed by atoms with E-state index in [0.29, 0.717) is 13.1 Å². The number of hydrogen-bond acceptors (Lipinski definition) is 5. The van der Waals surface area contributed by atoms with Crippen molar-refractivity contribution in [2.75, 3.05) is 40.3 Å². The summed E-state index contributed by atoms with van der Waals surface area (Å²) in [6, 6.07) is 0. The number of likely N-dealkylation sites (tertiary alicyclic amines) is 2. The van der Waals surface area contributed by atoms with Crippen molar-refractivity contribution < 1.29 is 24.0 Å². The van der Waals surface area contributed by atoms with E-state index in [1.807, 2.05) is 0 Å². The molecule has 0 atom stereocenters. The Morgan fingerprint density at radius 3 is 1.44 bits per heavy atom. The van der Waals surface area contributed by atoms with Gasteiger partial charge in [-0.15, -0.1) is 0 Å². The summed E-state index contributed by atoms with van der Waals surface area (Å²) in [6.45, 7) is 7.61. The van der Waals surface area contributed by atoms with E-state index >= 15 is 0 Å². The lowest BCUT2D eigenvalue weighted by molar-refractivity contribution is -0.175. The van der Waals surface area contributed by atoms with Crippen molar-refractivity contribution in [3.63, 3.8) is 0 Å². The molecule has 0 aromatic carbocycles. The molecule has 2 aliphatic rings. The number of ketones is 1. The Morgan fingerprint density at radius 1 is 0.778 bits per heavy atom. The zero-order valence-corrected chi connectivity index (χ0v) is 17.2. The van der Waals surface area contributed by atoms with E-state index in [0.717, 1.165) is 38.8 Å². The Morgan fingerprint density at radius 2 is 1.15 bits per heavy atom. The van der Waals surface area contributed by atoms with E-state index in [1.165, 1.54) is 12.2 Å². The van der Waals surface area contributed by atoms with Crippen molar-refractivity contribution in [1.82, 2.24) is 14.9 Å². The molecule has 2 saturated heterocycles. The molecule has 0 saturated carbocycles. The molecule has 0 aliphatic carbocycles. The van der Waals surface area contributed by atoms with Crippen molar-refractivity contribution in [3.05, 3.63) is 0 Å². The molecule has 2 heterocycles. The fourth-order valence-corrected chi connectivity index (χ4v) is 3.39. The van der Waals surface area contributed by atoms with Gasteiger partial charge in [-0.1, -0.05) is 0 Å². The number of hydrogen-bond donors (Lipinski definition) is 0. The van der Waals surface area contributed by atoms with Crippen LogP contribution in [0.25, 0.3) is 0 Å². The number of carbonyl (C=O) groups excluding carboxylic acids is 4. The lowest BCUT2D eigenvalue weighted by Crippen LogP contribution is -2.42. The Hall–Kier alpha value is -1.96. The number of carbonyl (C=O) groups is 4. The third-order valence-electron chi connectivity index (χ3n) is 5.39. The monoisotopic (exact) mass is 383 g/mol. The van der Waals surface area contributed by atoms with Crippen LogP contribution >= 0.6 is 0 Å². The molecule has 0 radical (unpaired) electrons. The van der Waals surface area contributed by atoms with Crippen molar-refractivity contribution >= 4 is 23.5 Å². The van der Waals surface area contributed by atoms with Crippen molar-refractivity contribution in [1.29, 1.82) is 0 Å². The average Bonchev–Trinajstić information content (AvgIpc) is 2.67. The largest absolute Gasteiger partial charge is 0.343 e. The first kappa shape index (κ1) is 23.1. The molecule has 0 spiro atoms. The van der Waals surface area contributed by atoms with Crippen molar-refractivity contribution in [2.45, 2.75) is 46.5 Å². The quantitative estimate of drug-likeness (QED) is 0.681. The van der Waals surface area contributed by atoms with Gasteiger partial charge in [0.05, 0.1) is 7.11 Å². The first-order valence-electron chi connectivity index (χ1n) is 9.50. The summed E-state index contributed by atoms with van der Waals surface area (Å²) >= 11 is 0. The number of Topliss-reactive ketones (excluding diaryl/α,β-unsaturated/α-hetero) is 1. The number of nitrogens with zero attached hydrogens (tertiary/aromatic N) is 3. The second kappa shape index (κ2) is 11.0. The Labute approximate surface area is 161 Å². The second-order valence-corrected chi connectivity index (χ2v) is 7.19. The topological polar surface area (TPSA) is 87.2 Å². The van der Waals surface area contributed by atoms with E-state index in [4.69, 9.17) is 4.84 Å². The van der Waals surface area contributed by atoms with Gasteiger partial charge in [0.25, 0.3) is 0 Å². The molecule has 0 N–H and O–H groups in total. The molecule has 2 fully saturated rings. The van der Waals surface area contributed by atoms with Gasteiger partial charge in [0.1, 0.15) is 5.78 Å². The first-order valence-corrected chi connectivity index (χ1v) is 9.50. The van der Waals surface area contributed by atoms with Crippen molar-refractivity contribution in [3.8, 4) is 0 Å². The molecule has 0 aromatic heterocycles. The summed E-state index contributed by atoms with van der Waals surface area (Å²) in [5.41, 5.74) is 0. The average molecular weight is 383 g/mol. The van der Waals surface area contributed by atoms with E-state index in [-0.39, 0.29) is 35.3 Å². The molecular formula is C19H33N3O5. The molecule has 8 heteroatoms. The zero-order chi connectivity index (χ0) is 20.6. The molecular weight excluding hydrogens is 350 g/mol. The maximum absolute atomic E-state index is 11.7. The third kappa shape index (κ3) is 7.28. The van der Waals surface area contributed by atoms with Crippen LogP contribution in [-0.4, -0.2) is 78.7 Å². The smallest absolute Gasteiger partial charge is 0.249 e. The number of rotatable bonds is 3. The number of hydroxylamine groups is 2. The van der Waals surface area contributed by atoms with Crippen molar-refractivity contribution in [2.24, 2.45) is 11.8 Å². The van der Waals surface area contributed by atoms with E-state index in [1.54, 1.807) is 37.6 Å². The minimum Gasteiger partial charge on any atom is -0.343 e. The van der Waals surface area contributed by atoms with E-state index in [9.17, 15) is 19.2 Å². The number of amides is 3. The van der Waals surface area contributed by atoms with Gasteiger partial charge in [-0.05, 0) is 32.6 Å². The molecule has 154 valence electrons. The lowest BCUT2D eigenvalue weighted by atomic mass is 9.93. The Bertz CT molecular complexity index is 513. The highest BCUT2D eigenvalue weighted by molar-refractivity contribution is 5.79. The molecule has 0 unspecified atom stereocenters. The van der Waals surface area contributed by atoms with Gasteiger partial charge >= 0.3 is 0 Å². The summed E-state index contributed by atoms with van der Waals surface area (Å²) in [6.07, 6.45) is 3.14. The van der Waals surface area contributed by atoms with E-state index in [2.05, 4.69) is 0 Å². The summed E-state index contributed by atoms with van der Waals surface area (Å²) in [5.74, 6) is 0.656. The van der Waals surface area contributed by atoms with Crippen LogP contribution in [-0.2, 0) is 24.0 Å². The lowest BCUT2D eigenvalue weighted by Gasteiger charge is -2.31. The summed E-state index contributed by atoms with van der Waals surface area (Å²) in [7, 11) is 3.09. The maximum Gasteiger partial charge on any atom is 0.249 e. The zero-order valence-electron chi connectivity index (χ0n) is 17.2. The third-order valence-corrected chi connectivity index (χ3v) is 5.39. The molecule has 27 heavy (non-hydrogen) atoms. The van der Waals surface area contributed by atoms with Crippen LogP contribution in [0.5, 0.6) is 0 Å². The highest BCUT2D eigenvalue weighted by Gasteiger charge is 2.28. The van der Waals surface area contributed by atoms with Crippen LogP contribution in [0.3, 0.4) is 0 Å². The summed E-state index contributed by atoms with van der Waals surface area (Å²) in [4.78, 5) is 53.1. The van der Waals surface area contributed by atoms with Gasteiger partial charge in [0.2, 0.25) is 17.7 Å². The fraction of sp³-hybridized carbons (Fsp3) is 0.789. The molecule has 0 bridgehead atoms. The molecule has 2 rings (SSSR count). The van der Waals surface area contributed by atoms with Crippen LogP contribution in [0.2, 0.25) is 0 Å². The van der Waals surface area contributed by atoms with Gasteiger partial charge in [0, 0.05) is 58.9 Å². The molecule has 0 aromatic rings. The summed E-state index contributed by atoms with van der Waals surface area (Å²) in [5, 5.41) is 1.26.